The van der Waals surface area contributed by atoms with Gasteiger partial charge in [0.25, 0.3) is 0 Å². The summed E-state index contributed by atoms with van der Waals surface area (Å²) in [6.07, 6.45) is 3.96. The van der Waals surface area contributed by atoms with Crippen LogP contribution in [0.4, 0.5) is 0 Å². The largest absolute Gasteiger partial charge is 0.384 e. The summed E-state index contributed by atoms with van der Waals surface area (Å²) in [6.45, 7) is 2.77. The molecular formula is C12H17NOS. The molecule has 0 unspecified atom stereocenters. The summed E-state index contributed by atoms with van der Waals surface area (Å²) in [5, 5.41) is 12.6. The molecule has 0 aliphatic heterocycles. The van der Waals surface area contributed by atoms with Crippen LogP contribution in [0.2, 0.25) is 0 Å². The Morgan fingerprint density at radius 1 is 1.53 bits per heavy atom. The molecule has 1 aromatic heterocycles. The number of hydrogen-bond donors (Lipinski definition) is 1. The molecule has 2 rings (SSSR count). The van der Waals surface area contributed by atoms with Gasteiger partial charge in [-0.25, -0.2) is 0 Å². The first kappa shape index (κ1) is 10.8. The number of aliphatic imine (C=N–C) groups is 1. The topological polar surface area (TPSA) is 32.6 Å². The van der Waals surface area contributed by atoms with Crippen molar-refractivity contribution < 1.29 is 5.11 Å². The zero-order valence-corrected chi connectivity index (χ0v) is 9.89. The van der Waals surface area contributed by atoms with Gasteiger partial charge in [0, 0.05) is 6.54 Å². The molecule has 0 atom stereocenters. The Morgan fingerprint density at radius 2 is 2.27 bits per heavy atom. The molecular weight excluding hydrogens is 206 g/mol. The van der Waals surface area contributed by atoms with E-state index in [4.69, 9.17) is 0 Å². The molecule has 0 amide bonds. The Hall–Kier alpha value is -0.670. The maximum atomic E-state index is 10.5. The quantitative estimate of drug-likeness (QED) is 0.785. The molecule has 1 N–H and O–H groups in total. The molecule has 3 heteroatoms. The van der Waals surface area contributed by atoms with Crippen LogP contribution in [0.25, 0.3) is 0 Å². The third-order valence-electron chi connectivity index (χ3n) is 2.94. The van der Waals surface area contributed by atoms with Gasteiger partial charge in [0.05, 0.1) is 10.6 Å². The van der Waals surface area contributed by atoms with Crippen LogP contribution in [0.1, 0.15) is 37.5 Å². The SMILES string of the molecule is CCN=C(c1cccs1)C1(O)CCCC1. The van der Waals surface area contributed by atoms with Crippen LogP contribution >= 0.6 is 11.3 Å². The van der Waals surface area contributed by atoms with Crippen LogP contribution in [0.5, 0.6) is 0 Å². The molecule has 15 heavy (non-hydrogen) atoms. The first-order valence-electron chi connectivity index (χ1n) is 5.57. The molecule has 1 heterocycles. The van der Waals surface area contributed by atoms with Gasteiger partial charge >= 0.3 is 0 Å². The zero-order valence-electron chi connectivity index (χ0n) is 9.07. The molecule has 1 aliphatic carbocycles. The predicted molar refractivity (Wildman–Crippen MR) is 64.8 cm³/mol. The predicted octanol–water partition coefficient (Wildman–Crippen LogP) is 2.86. The smallest absolute Gasteiger partial charge is 0.107 e. The van der Waals surface area contributed by atoms with Crippen molar-refractivity contribution in [3.8, 4) is 0 Å². The van der Waals surface area contributed by atoms with E-state index in [0.717, 1.165) is 42.8 Å². The number of rotatable bonds is 3. The molecule has 0 saturated heterocycles. The highest BCUT2D eigenvalue weighted by atomic mass is 32.1. The summed E-state index contributed by atoms with van der Waals surface area (Å²) in [4.78, 5) is 5.62. The first-order valence-corrected chi connectivity index (χ1v) is 6.45. The van der Waals surface area contributed by atoms with Gasteiger partial charge in [-0.1, -0.05) is 18.9 Å². The highest BCUT2D eigenvalue weighted by Crippen LogP contribution is 2.34. The van der Waals surface area contributed by atoms with Gasteiger partial charge in [-0.15, -0.1) is 11.3 Å². The van der Waals surface area contributed by atoms with Crippen LogP contribution in [-0.2, 0) is 0 Å². The Balaban J connectivity index is 2.32. The molecule has 0 bridgehead atoms. The first-order chi connectivity index (χ1) is 7.26. The van der Waals surface area contributed by atoms with E-state index in [-0.39, 0.29) is 0 Å². The molecule has 82 valence electrons. The fourth-order valence-corrected chi connectivity index (χ4v) is 3.05. The maximum absolute atomic E-state index is 10.5. The van der Waals surface area contributed by atoms with Crippen molar-refractivity contribution in [2.24, 2.45) is 4.99 Å². The maximum Gasteiger partial charge on any atom is 0.107 e. The standard InChI is InChI=1S/C12H17NOS/c1-2-13-11(10-6-5-9-15-10)12(14)7-3-4-8-12/h5-6,9,14H,2-4,7-8H2,1H3. The lowest BCUT2D eigenvalue weighted by Crippen LogP contribution is -2.35. The molecule has 0 radical (unpaired) electrons. The summed E-state index contributed by atoms with van der Waals surface area (Å²) in [5.41, 5.74) is 0.262. The molecule has 1 aliphatic rings. The summed E-state index contributed by atoms with van der Waals surface area (Å²) in [5.74, 6) is 0. The van der Waals surface area contributed by atoms with Crippen molar-refractivity contribution in [1.82, 2.24) is 0 Å². The van der Waals surface area contributed by atoms with E-state index in [0.29, 0.717) is 0 Å². The van der Waals surface area contributed by atoms with Crippen molar-refractivity contribution >= 4 is 17.0 Å². The van der Waals surface area contributed by atoms with Gasteiger partial charge in [0.1, 0.15) is 5.60 Å². The van der Waals surface area contributed by atoms with E-state index in [1.165, 1.54) is 0 Å². The molecule has 0 aromatic carbocycles. The highest BCUT2D eigenvalue weighted by molar-refractivity contribution is 7.12. The second-order valence-electron chi connectivity index (χ2n) is 4.04. The Bertz CT molecular complexity index is 337. The van der Waals surface area contributed by atoms with Gasteiger partial charge in [-0.2, -0.15) is 0 Å². The van der Waals surface area contributed by atoms with E-state index in [1.54, 1.807) is 11.3 Å². The molecule has 0 spiro atoms. The number of aliphatic hydroxyl groups is 1. The van der Waals surface area contributed by atoms with E-state index in [1.807, 2.05) is 18.4 Å². The van der Waals surface area contributed by atoms with Crippen molar-refractivity contribution in [2.45, 2.75) is 38.2 Å². The summed E-state index contributed by atoms with van der Waals surface area (Å²) >= 11 is 1.67. The Morgan fingerprint density at radius 3 is 2.80 bits per heavy atom. The number of nitrogens with zero attached hydrogens (tertiary/aromatic N) is 1. The average Bonchev–Trinajstić information content (AvgIpc) is 2.85. The van der Waals surface area contributed by atoms with Crippen LogP contribution in [0, 0.1) is 0 Å². The minimum atomic E-state index is -0.652. The molecule has 1 fully saturated rings. The van der Waals surface area contributed by atoms with Crippen LogP contribution in [-0.4, -0.2) is 23.0 Å². The summed E-state index contributed by atoms with van der Waals surface area (Å²) < 4.78 is 0. The van der Waals surface area contributed by atoms with Gasteiger partial charge in [-0.3, -0.25) is 4.99 Å². The number of hydrogen-bond acceptors (Lipinski definition) is 3. The van der Waals surface area contributed by atoms with E-state index in [2.05, 4.69) is 11.1 Å². The normalized spacial score (nSPS) is 20.8. The Kier molecular flexibility index (Phi) is 3.22. The molecule has 1 saturated carbocycles. The van der Waals surface area contributed by atoms with E-state index < -0.39 is 5.60 Å². The van der Waals surface area contributed by atoms with Gasteiger partial charge in [0.15, 0.2) is 0 Å². The highest BCUT2D eigenvalue weighted by Gasteiger charge is 2.37. The monoisotopic (exact) mass is 223 g/mol. The third kappa shape index (κ3) is 2.13. The van der Waals surface area contributed by atoms with Gasteiger partial charge < -0.3 is 5.11 Å². The van der Waals surface area contributed by atoms with Crippen LogP contribution < -0.4 is 0 Å². The van der Waals surface area contributed by atoms with Crippen molar-refractivity contribution in [3.63, 3.8) is 0 Å². The van der Waals surface area contributed by atoms with Crippen molar-refractivity contribution in [2.75, 3.05) is 6.54 Å². The Labute approximate surface area is 94.7 Å². The minimum absolute atomic E-state index is 0.652. The van der Waals surface area contributed by atoms with Gasteiger partial charge in [0.2, 0.25) is 0 Å². The van der Waals surface area contributed by atoms with Gasteiger partial charge in [-0.05, 0) is 31.2 Å². The lowest BCUT2D eigenvalue weighted by molar-refractivity contribution is 0.121. The van der Waals surface area contributed by atoms with E-state index in [9.17, 15) is 5.11 Å². The second kappa shape index (κ2) is 4.45. The minimum Gasteiger partial charge on any atom is -0.384 e. The summed E-state index contributed by atoms with van der Waals surface area (Å²) in [6, 6.07) is 4.07. The lowest BCUT2D eigenvalue weighted by Gasteiger charge is -2.23. The van der Waals surface area contributed by atoms with Crippen LogP contribution in [0.15, 0.2) is 22.5 Å². The molecule has 1 aromatic rings. The van der Waals surface area contributed by atoms with Crippen molar-refractivity contribution in [1.29, 1.82) is 0 Å². The average molecular weight is 223 g/mol. The lowest BCUT2D eigenvalue weighted by atomic mass is 9.94. The van der Waals surface area contributed by atoms with E-state index >= 15 is 0 Å². The fraction of sp³-hybridized carbons (Fsp3) is 0.583. The summed E-state index contributed by atoms with van der Waals surface area (Å²) in [7, 11) is 0. The number of thiophene rings is 1. The molecule has 2 nitrogen and oxygen atoms in total. The van der Waals surface area contributed by atoms with Crippen molar-refractivity contribution in [3.05, 3.63) is 22.4 Å². The zero-order chi connectivity index (χ0) is 10.7. The fourth-order valence-electron chi connectivity index (χ4n) is 2.22. The third-order valence-corrected chi connectivity index (χ3v) is 3.82. The second-order valence-corrected chi connectivity index (χ2v) is 4.99. The van der Waals surface area contributed by atoms with Crippen LogP contribution in [0.3, 0.4) is 0 Å².